The fraction of sp³-hybridized carbons (Fsp3) is 0.385. The summed E-state index contributed by atoms with van der Waals surface area (Å²) in [7, 11) is 3.13. The highest BCUT2D eigenvalue weighted by Gasteiger charge is 2.21. The molecule has 1 aromatic carbocycles. The lowest BCUT2D eigenvalue weighted by Crippen LogP contribution is -2.36. The number of benzene rings is 1. The van der Waals surface area contributed by atoms with Crippen LogP contribution in [0.25, 0.3) is 0 Å². The van der Waals surface area contributed by atoms with Gasteiger partial charge in [-0.1, -0.05) is 0 Å². The maximum absolute atomic E-state index is 12.1. The highest BCUT2D eigenvalue weighted by atomic mass is 16.5. The second-order valence-corrected chi connectivity index (χ2v) is 3.99. The molecule has 1 rings (SSSR count). The van der Waals surface area contributed by atoms with Crippen molar-refractivity contribution in [2.75, 3.05) is 14.2 Å². The average Bonchev–Trinajstić information content (AvgIpc) is 2.34. The zero-order valence-corrected chi connectivity index (χ0v) is 10.7. The maximum atomic E-state index is 12.1. The van der Waals surface area contributed by atoms with Crippen molar-refractivity contribution in [2.45, 2.75) is 19.4 Å². The van der Waals surface area contributed by atoms with Crippen molar-refractivity contribution >= 4 is 11.8 Å². The summed E-state index contributed by atoms with van der Waals surface area (Å²) in [5.41, 5.74) is 1.32. The molecule has 0 saturated carbocycles. The van der Waals surface area contributed by atoms with E-state index in [0.29, 0.717) is 11.3 Å². The molecule has 0 saturated heterocycles. The molecule has 0 heterocycles. The van der Waals surface area contributed by atoms with Gasteiger partial charge >= 0.3 is 5.97 Å². The number of Topliss-reactive ketones (excluding diaryl/α,β-unsaturated/α-hetero) is 1. The Morgan fingerprint density at radius 2 is 2.11 bits per heavy atom. The number of carbonyl (C=O) groups is 2. The summed E-state index contributed by atoms with van der Waals surface area (Å²) in [6.45, 7) is 1.83. The van der Waals surface area contributed by atoms with Gasteiger partial charge in [0.05, 0.1) is 19.6 Å². The third kappa shape index (κ3) is 3.30. The van der Waals surface area contributed by atoms with Crippen LogP contribution in [0.3, 0.4) is 0 Å². The number of likely N-dealkylation sites (N-methyl/N-ethyl adjacent to an activating group) is 1. The van der Waals surface area contributed by atoms with Gasteiger partial charge in [0.25, 0.3) is 0 Å². The normalized spacial score (nSPS) is 11.9. The molecule has 5 heteroatoms. The molecule has 0 amide bonds. The maximum Gasteiger partial charge on any atom is 0.305 e. The molecular weight excluding hydrogens is 234 g/mol. The zero-order chi connectivity index (χ0) is 13.7. The molecule has 0 spiro atoms. The summed E-state index contributed by atoms with van der Waals surface area (Å²) in [4.78, 5) is 22.8. The van der Waals surface area contributed by atoms with E-state index < -0.39 is 12.0 Å². The van der Waals surface area contributed by atoms with Gasteiger partial charge in [-0.05, 0) is 37.7 Å². The third-order valence-electron chi connectivity index (χ3n) is 2.72. The number of ether oxygens (including phenoxy) is 1. The van der Waals surface area contributed by atoms with Crippen LogP contribution in [0.15, 0.2) is 18.2 Å². The van der Waals surface area contributed by atoms with Crippen LogP contribution in [0.2, 0.25) is 0 Å². The van der Waals surface area contributed by atoms with Gasteiger partial charge in [0.15, 0.2) is 5.78 Å². The van der Waals surface area contributed by atoms with E-state index in [9.17, 15) is 9.59 Å². The first-order valence-electron chi connectivity index (χ1n) is 5.57. The van der Waals surface area contributed by atoms with E-state index in [4.69, 9.17) is 9.84 Å². The predicted octanol–water partition coefficient (Wildman–Crippen LogP) is 1.25. The highest BCUT2D eigenvalue weighted by molar-refractivity contribution is 6.02. The number of aryl methyl sites for hydroxylation is 1. The van der Waals surface area contributed by atoms with Gasteiger partial charge in [-0.2, -0.15) is 0 Å². The van der Waals surface area contributed by atoms with Crippen LogP contribution in [0.4, 0.5) is 0 Å². The third-order valence-corrected chi connectivity index (χ3v) is 2.72. The number of carboxylic acids is 1. The smallest absolute Gasteiger partial charge is 0.305 e. The number of hydrogen-bond donors (Lipinski definition) is 2. The van der Waals surface area contributed by atoms with Crippen LogP contribution in [0.5, 0.6) is 5.75 Å². The van der Waals surface area contributed by atoms with E-state index in [0.717, 1.165) is 5.56 Å². The Bertz CT molecular complexity index is 456. The summed E-state index contributed by atoms with van der Waals surface area (Å²) >= 11 is 0. The SMILES string of the molecule is CNC(CC(=O)O)C(=O)c1ccc(OC)c(C)c1. The van der Waals surface area contributed by atoms with Crippen LogP contribution in [0.1, 0.15) is 22.3 Å². The minimum absolute atomic E-state index is 0.231. The Labute approximate surface area is 106 Å². The predicted molar refractivity (Wildman–Crippen MR) is 67.2 cm³/mol. The van der Waals surface area contributed by atoms with Crippen molar-refractivity contribution < 1.29 is 19.4 Å². The molecular formula is C13H17NO4. The van der Waals surface area contributed by atoms with Gasteiger partial charge in [-0.25, -0.2) is 0 Å². The minimum Gasteiger partial charge on any atom is -0.496 e. The molecule has 18 heavy (non-hydrogen) atoms. The summed E-state index contributed by atoms with van der Waals surface area (Å²) < 4.78 is 5.11. The molecule has 0 fully saturated rings. The lowest BCUT2D eigenvalue weighted by atomic mass is 10.00. The van der Waals surface area contributed by atoms with E-state index in [1.54, 1.807) is 32.4 Å². The number of carboxylic acid groups (broad SMARTS) is 1. The Kier molecular flexibility index (Phi) is 4.85. The van der Waals surface area contributed by atoms with Crippen molar-refractivity contribution in [1.29, 1.82) is 0 Å². The van der Waals surface area contributed by atoms with Crippen molar-refractivity contribution in [3.8, 4) is 5.75 Å². The fourth-order valence-corrected chi connectivity index (χ4v) is 1.73. The average molecular weight is 251 g/mol. The van der Waals surface area contributed by atoms with Gasteiger partial charge < -0.3 is 15.2 Å². The monoisotopic (exact) mass is 251 g/mol. The molecule has 0 aliphatic carbocycles. The fourth-order valence-electron chi connectivity index (χ4n) is 1.73. The lowest BCUT2D eigenvalue weighted by Gasteiger charge is -2.13. The first-order valence-corrected chi connectivity index (χ1v) is 5.57. The number of carbonyl (C=O) groups excluding carboxylic acids is 1. The highest BCUT2D eigenvalue weighted by Crippen LogP contribution is 2.19. The molecule has 0 aliphatic heterocycles. The van der Waals surface area contributed by atoms with Gasteiger partial charge in [0, 0.05) is 5.56 Å². The molecule has 1 aromatic rings. The first-order chi connectivity index (χ1) is 8.49. The molecule has 0 aromatic heterocycles. The van der Waals surface area contributed by atoms with Gasteiger partial charge in [-0.15, -0.1) is 0 Å². The molecule has 2 N–H and O–H groups in total. The Hall–Kier alpha value is -1.88. The number of hydrogen-bond acceptors (Lipinski definition) is 4. The number of methoxy groups -OCH3 is 1. The molecule has 0 aliphatic rings. The van der Waals surface area contributed by atoms with Crippen LogP contribution < -0.4 is 10.1 Å². The van der Waals surface area contributed by atoms with E-state index in [2.05, 4.69) is 5.32 Å². The summed E-state index contributed by atoms with van der Waals surface area (Å²) in [6, 6.07) is 4.33. The van der Waals surface area contributed by atoms with E-state index in [-0.39, 0.29) is 12.2 Å². The molecule has 1 atom stereocenters. The topological polar surface area (TPSA) is 75.6 Å². The van der Waals surface area contributed by atoms with Crippen molar-refractivity contribution in [3.63, 3.8) is 0 Å². The van der Waals surface area contributed by atoms with E-state index >= 15 is 0 Å². The molecule has 1 unspecified atom stereocenters. The van der Waals surface area contributed by atoms with Gasteiger partial charge in [0.2, 0.25) is 0 Å². The van der Waals surface area contributed by atoms with E-state index in [1.807, 2.05) is 6.92 Å². The second kappa shape index (κ2) is 6.16. The van der Waals surface area contributed by atoms with Gasteiger partial charge in [-0.3, -0.25) is 9.59 Å². The minimum atomic E-state index is -1.01. The Balaban J connectivity index is 2.95. The van der Waals surface area contributed by atoms with Crippen LogP contribution in [0, 0.1) is 6.92 Å². The molecule has 0 radical (unpaired) electrons. The van der Waals surface area contributed by atoms with Crippen LogP contribution in [-0.2, 0) is 4.79 Å². The standard InChI is InChI=1S/C13H17NO4/c1-8-6-9(4-5-11(8)18-3)13(17)10(14-2)7-12(15)16/h4-6,10,14H,7H2,1-3H3,(H,15,16). The van der Waals surface area contributed by atoms with Crippen molar-refractivity contribution in [1.82, 2.24) is 5.32 Å². The Morgan fingerprint density at radius 1 is 1.44 bits per heavy atom. The number of nitrogens with one attached hydrogen (secondary N) is 1. The van der Waals surface area contributed by atoms with Crippen LogP contribution in [-0.4, -0.2) is 37.1 Å². The summed E-state index contributed by atoms with van der Waals surface area (Å²) in [5, 5.41) is 11.5. The Morgan fingerprint density at radius 3 is 2.56 bits per heavy atom. The van der Waals surface area contributed by atoms with Crippen molar-refractivity contribution in [3.05, 3.63) is 29.3 Å². The largest absolute Gasteiger partial charge is 0.496 e. The second-order valence-electron chi connectivity index (χ2n) is 3.99. The summed E-state index contributed by atoms with van der Waals surface area (Å²) in [6.07, 6.45) is -0.236. The lowest BCUT2D eigenvalue weighted by molar-refractivity contribution is -0.137. The number of rotatable bonds is 6. The first kappa shape index (κ1) is 14.2. The van der Waals surface area contributed by atoms with Gasteiger partial charge in [0.1, 0.15) is 5.75 Å². The molecule has 0 bridgehead atoms. The molecule has 98 valence electrons. The zero-order valence-electron chi connectivity index (χ0n) is 10.7. The quantitative estimate of drug-likeness (QED) is 0.744. The number of aliphatic carboxylic acids is 1. The number of ketones is 1. The molecule has 5 nitrogen and oxygen atoms in total. The van der Waals surface area contributed by atoms with Crippen LogP contribution >= 0.6 is 0 Å². The van der Waals surface area contributed by atoms with Crippen molar-refractivity contribution in [2.24, 2.45) is 0 Å². The summed E-state index contributed by atoms with van der Waals surface area (Å²) in [5.74, 6) is -0.538. The van der Waals surface area contributed by atoms with E-state index in [1.165, 1.54) is 0 Å².